The molecule has 39 heavy (non-hydrogen) atoms. The SMILES string of the molecule is CCCCN(C)c1cc([N+](=O)[O-])c(O)c2c1CC1CC3[C@H](N(C)C)C(=O)C(C(N)=O)=C(O)[C@@]3(O)C(=O)C1=C2O. The number of likely N-dealkylation sites (N-methyl/N-ethyl adjacent to an activating group) is 1. The second-order valence-electron chi connectivity index (χ2n) is 10.6. The van der Waals surface area contributed by atoms with Crippen LogP contribution in [0, 0.1) is 22.0 Å². The number of carbonyl (C=O) groups excluding carboxylic acids is 3. The van der Waals surface area contributed by atoms with Crippen LogP contribution in [0.15, 0.2) is 23.0 Å². The molecule has 0 radical (unpaired) electrons. The quantitative estimate of drug-likeness (QED) is 0.186. The smallest absolute Gasteiger partial charge is 0.313 e. The van der Waals surface area contributed by atoms with Crippen LogP contribution >= 0.6 is 0 Å². The van der Waals surface area contributed by atoms with Crippen LogP contribution in [0.3, 0.4) is 0 Å². The number of phenols is 1. The fourth-order valence-electron chi connectivity index (χ4n) is 6.27. The number of nitrogens with two attached hydrogens (primary N) is 1. The van der Waals surface area contributed by atoms with Gasteiger partial charge in [-0.1, -0.05) is 13.3 Å². The molecule has 1 aromatic carbocycles. The van der Waals surface area contributed by atoms with Gasteiger partial charge in [-0.2, -0.15) is 0 Å². The van der Waals surface area contributed by atoms with Crippen molar-refractivity contribution in [1.82, 2.24) is 4.90 Å². The van der Waals surface area contributed by atoms with E-state index in [1.807, 2.05) is 6.92 Å². The predicted octanol–water partition coefficient (Wildman–Crippen LogP) is 1.11. The lowest BCUT2D eigenvalue weighted by Gasteiger charge is -2.50. The zero-order valence-electron chi connectivity index (χ0n) is 22.1. The zero-order chi connectivity index (χ0) is 29.1. The minimum absolute atomic E-state index is 0.0475. The summed E-state index contributed by atoms with van der Waals surface area (Å²) in [6, 6.07) is 0.0307. The molecule has 0 saturated heterocycles. The number of hydrogen-bond donors (Lipinski definition) is 5. The molecule has 0 aromatic heterocycles. The van der Waals surface area contributed by atoms with Gasteiger partial charge in [-0.05, 0) is 44.8 Å². The van der Waals surface area contributed by atoms with Crippen molar-refractivity contribution in [2.24, 2.45) is 17.6 Å². The first kappa shape index (κ1) is 28.0. The summed E-state index contributed by atoms with van der Waals surface area (Å²) in [6.07, 6.45) is 1.60. The first-order valence-electron chi connectivity index (χ1n) is 12.6. The second-order valence-corrected chi connectivity index (χ2v) is 10.6. The van der Waals surface area contributed by atoms with Crippen molar-refractivity contribution in [2.75, 3.05) is 32.6 Å². The van der Waals surface area contributed by atoms with Crippen LogP contribution < -0.4 is 10.6 Å². The van der Waals surface area contributed by atoms with Crippen LogP contribution in [-0.4, -0.2) is 87.1 Å². The van der Waals surface area contributed by atoms with Gasteiger partial charge in [0, 0.05) is 36.8 Å². The molecule has 6 N–H and O–H groups in total. The van der Waals surface area contributed by atoms with Gasteiger partial charge in [0.25, 0.3) is 5.91 Å². The molecule has 0 spiro atoms. The summed E-state index contributed by atoms with van der Waals surface area (Å²) in [5.74, 6) is -8.11. The number of anilines is 1. The largest absolute Gasteiger partial charge is 0.508 e. The van der Waals surface area contributed by atoms with Crippen LogP contribution in [0.25, 0.3) is 5.76 Å². The second kappa shape index (κ2) is 9.65. The van der Waals surface area contributed by atoms with Gasteiger partial charge in [0.2, 0.25) is 11.5 Å². The summed E-state index contributed by atoms with van der Waals surface area (Å²) in [5, 5.41) is 56.6. The molecule has 0 bridgehead atoms. The number of carbonyl (C=O) groups is 3. The zero-order valence-corrected chi connectivity index (χ0v) is 22.1. The van der Waals surface area contributed by atoms with E-state index in [1.54, 1.807) is 11.9 Å². The third-order valence-corrected chi connectivity index (χ3v) is 8.13. The highest BCUT2D eigenvalue weighted by atomic mass is 16.6. The van der Waals surface area contributed by atoms with Crippen molar-refractivity contribution in [3.05, 3.63) is 44.2 Å². The number of rotatable bonds is 7. The van der Waals surface area contributed by atoms with Crippen molar-refractivity contribution >= 4 is 34.6 Å². The number of benzene rings is 1. The van der Waals surface area contributed by atoms with Gasteiger partial charge < -0.3 is 31.1 Å². The maximum atomic E-state index is 13.9. The Balaban J connectivity index is 1.99. The number of nitro groups is 1. The van der Waals surface area contributed by atoms with E-state index in [2.05, 4.69) is 0 Å². The first-order valence-corrected chi connectivity index (χ1v) is 12.6. The summed E-state index contributed by atoms with van der Waals surface area (Å²) in [4.78, 5) is 53.3. The van der Waals surface area contributed by atoms with Crippen LogP contribution in [0.2, 0.25) is 0 Å². The molecule has 1 amide bonds. The third-order valence-electron chi connectivity index (χ3n) is 8.13. The normalized spacial score (nSPS) is 26.4. The molecular formula is C26H32N4O9. The van der Waals surface area contributed by atoms with E-state index in [0.29, 0.717) is 17.8 Å². The number of fused-ring (bicyclic) bond motifs is 3. The maximum Gasteiger partial charge on any atom is 0.313 e. The van der Waals surface area contributed by atoms with E-state index < -0.39 is 74.4 Å². The lowest BCUT2D eigenvalue weighted by Crippen LogP contribution is -2.65. The molecule has 210 valence electrons. The molecule has 3 aliphatic carbocycles. The molecule has 4 atom stereocenters. The number of aromatic hydroxyl groups is 1. The Labute approximate surface area is 224 Å². The van der Waals surface area contributed by atoms with Crippen LogP contribution in [-0.2, 0) is 20.8 Å². The van der Waals surface area contributed by atoms with Crippen LogP contribution in [0.5, 0.6) is 5.75 Å². The van der Waals surface area contributed by atoms with Gasteiger partial charge in [0.1, 0.15) is 17.1 Å². The number of unbranched alkanes of at least 4 members (excludes halogenated alkanes) is 1. The summed E-state index contributed by atoms with van der Waals surface area (Å²) in [5.41, 5.74) is 1.07. The number of hydrogen-bond acceptors (Lipinski definition) is 11. The summed E-state index contributed by atoms with van der Waals surface area (Å²) >= 11 is 0. The molecule has 1 saturated carbocycles. The van der Waals surface area contributed by atoms with Gasteiger partial charge in [0.05, 0.1) is 16.5 Å². The molecule has 0 heterocycles. The molecular weight excluding hydrogens is 512 g/mol. The van der Waals surface area contributed by atoms with E-state index >= 15 is 0 Å². The van der Waals surface area contributed by atoms with Gasteiger partial charge in [-0.3, -0.25) is 29.4 Å². The molecule has 4 rings (SSSR count). The monoisotopic (exact) mass is 544 g/mol. The number of nitrogens with zero attached hydrogens (tertiary/aromatic N) is 3. The lowest BCUT2D eigenvalue weighted by atomic mass is 9.57. The number of aliphatic hydroxyl groups excluding tert-OH is 2. The third kappa shape index (κ3) is 3.95. The minimum atomic E-state index is -2.78. The van der Waals surface area contributed by atoms with Gasteiger partial charge >= 0.3 is 5.69 Å². The number of phenolic OH excluding ortho intramolecular Hbond substituents is 1. The maximum absolute atomic E-state index is 13.9. The number of aliphatic hydroxyl groups is 3. The Morgan fingerprint density at radius 2 is 1.87 bits per heavy atom. The summed E-state index contributed by atoms with van der Waals surface area (Å²) in [7, 11) is 4.76. The Bertz CT molecular complexity index is 1370. The number of ketones is 2. The minimum Gasteiger partial charge on any atom is -0.508 e. The van der Waals surface area contributed by atoms with Gasteiger partial charge in [-0.25, -0.2) is 0 Å². The van der Waals surface area contributed by atoms with Crippen molar-refractivity contribution < 1.29 is 39.7 Å². The van der Waals surface area contributed by atoms with Crippen molar-refractivity contribution in [2.45, 2.75) is 44.2 Å². The standard InChI is InChI=1S/C26H32N4O9/c1-5-6-7-29(4)14-10-15(30(38)39)20(31)17-12(14)8-11-9-13-19(28(2)3)22(33)18(25(27)36)24(35)26(13,37)23(34)16(11)21(17)32/h10-11,13,19,31-32,35,37H,5-9H2,1-4H3,(H2,27,36)/t11?,13?,19-,26-/m0/s1. The molecule has 3 aliphatic rings. The van der Waals surface area contributed by atoms with E-state index in [-0.39, 0.29) is 24.0 Å². The first-order chi connectivity index (χ1) is 18.2. The number of Topliss-reactive ketones (excluding diaryl/α,β-unsaturated/α-hetero) is 2. The Hall–Kier alpha value is -3.97. The predicted molar refractivity (Wildman–Crippen MR) is 139 cm³/mol. The van der Waals surface area contributed by atoms with Crippen molar-refractivity contribution in [3.63, 3.8) is 0 Å². The van der Waals surface area contributed by atoms with Gasteiger partial charge in [-0.15, -0.1) is 0 Å². The fraction of sp³-hybridized carbons (Fsp3) is 0.500. The average Bonchev–Trinajstić information content (AvgIpc) is 2.84. The number of amides is 1. The highest BCUT2D eigenvalue weighted by molar-refractivity contribution is 6.24. The van der Waals surface area contributed by atoms with E-state index in [9.17, 15) is 44.9 Å². The Morgan fingerprint density at radius 3 is 2.41 bits per heavy atom. The van der Waals surface area contributed by atoms with E-state index in [0.717, 1.165) is 12.8 Å². The molecule has 2 unspecified atom stereocenters. The van der Waals surface area contributed by atoms with Gasteiger partial charge in [0.15, 0.2) is 11.4 Å². The van der Waals surface area contributed by atoms with Crippen LogP contribution in [0.4, 0.5) is 11.4 Å². The highest BCUT2D eigenvalue weighted by Crippen LogP contribution is 2.54. The molecule has 13 heteroatoms. The summed E-state index contributed by atoms with van der Waals surface area (Å²) in [6.45, 7) is 2.51. The van der Waals surface area contributed by atoms with E-state index in [1.165, 1.54) is 25.1 Å². The molecule has 1 fully saturated rings. The molecule has 1 aromatic rings. The Kier molecular flexibility index (Phi) is 6.94. The average molecular weight is 545 g/mol. The van der Waals surface area contributed by atoms with E-state index in [4.69, 9.17) is 5.73 Å². The fourth-order valence-corrected chi connectivity index (χ4v) is 6.27. The topological polar surface area (TPSA) is 208 Å². The molecule has 0 aliphatic heterocycles. The highest BCUT2D eigenvalue weighted by Gasteiger charge is 2.64. The van der Waals surface area contributed by atoms with Crippen molar-refractivity contribution in [1.29, 1.82) is 0 Å². The molecule has 13 nitrogen and oxygen atoms in total. The number of nitro benzene ring substituents is 1. The number of primary amides is 1. The Morgan fingerprint density at radius 1 is 1.23 bits per heavy atom. The summed E-state index contributed by atoms with van der Waals surface area (Å²) < 4.78 is 0. The van der Waals surface area contributed by atoms with Crippen LogP contribution in [0.1, 0.15) is 37.3 Å². The van der Waals surface area contributed by atoms with Crippen molar-refractivity contribution in [3.8, 4) is 5.75 Å². The lowest BCUT2D eigenvalue weighted by molar-refractivity contribution is -0.385.